The lowest BCUT2D eigenvalue weighted by Gasteiger charge is -2.14. The summed E-state index contributed by atoms with van der Waals surface area (Å²) in [5.41, 5.74) is 0.435. The first-order chi connectivity index (χ1) is 8.96. The van der Waals surface area contributed by atoms with Crippen LogP contribution >= 0.6 is 0 Å². The van der Waals surface area contributed by atoms with Gasteiger partial charge in [-0.25, -0.2) is 4.79 Å². The summed E-state index contributed by atoms with van der Waals surface area (Å²) < 4.78 is 5.15. The van der Waals surface area contributed by atoms with E-state index < -0.39 is 11.6 Å². The summed E-state index contributed by atoms with van der Waals surface area (Å²) in [6, 6.07) is 8.95. The van der Waals surface area contributed by atoms with Gasteiger partial charge in [0.25, 0.3) is 0 Å². The Morgan fingerprint density at radius 3 is 2.63 bits per heavy atom. The van der Waals surface area contributed by atoms with Gasteiger partial charge in [0, 0.05) is 12.5 Å². The Balaban J connectivity index is 1.92. The van der Waals surface area contributed by atoms with Crippen LogP contribution in [0.1, 0.15) is 25.8 Å². The first kappa shape index (κ1) is 13.3. The maximum atomic E-state index is 11.7. The Hall–Kier alpha value is -2.10. The molecule has 1 aromatic rings. The average Bonchev–Trinajstić information content (AvgIpc) is 2.61. The van der Waals surface area contributed by atoms with Gasteiger partial charge in [-0.15, -0.1) is 0 Å². The van der Waals surface area contributed by atoms with Crippen molar-refractivity contribution in [3.63, 3.8) is 0 Å². The van der Waals surface area contributed by atoms with E-state index in [-0.39, 0.29) is 11.9 Å². The zero-order valence-electron chi connectivity index (χ0n) is 11.1. The summed E-state index contributed by atoms with van der Waals surface area (Å²) in [7, 11) is 0. The molecule has 0 bridgehead atoms. The number of benzene rings is 1. The number of hydrogen-bond acceptors (Lipinski definition) is 3. The molecule has 1 unspecified atom stereocenters. The number of nitrogens with one attached hydrogen (secondary N) is 1. The van der Waals surface area contributed by atoms with Crippen LogP contribution in [-0.2, 0) is 14.3 Å². The molecule has 1 aromatic carbocycles. The van der Waals surface area contributed by atoms with Gasteiger partial charge in [-0.2, -0.15) is 0 Å². The van der Waals surface area contributed by atoms with Crippen molar-refractivity contribution >= 4 is 18.0 Å². The molecule has 4 heteroatoms. The summed E-state index contributed by atoms with van der Waals surface area (Å²) >= 11 is 0. The fourth-order valence-corrected chi connectivity index (χ4v) is 2.03. The zero-order valence-corrected chi connectivity index (χ0v) is 11.1. The minimum absolute atomic E-state index is 0.288. The first-order valence-corrected chi connectivity index (χ1v) is 6.23. The second kappa shape index (κ2) is 5.26. The summed E-state index contributed by atoms with van der Waals surface area (Å²) in [6.07, 6.45) is 3.63. The second-order valence-electron chi connectivity index (χ2n) is 5.19. The molecular weight excluding hydrogens is 242 g/mol. The van der Waals surface area contributed by atoms with Crippen LogP contribution in [0, 0.1) is 0 Å². The van der Waals surface area contributed by atoms with Gasteiger partial charge in [-0.05, 0) is 25.5 Å². The number of carbonyl (C=O) groups excluding carboxylic acids is 2. The van der Waals surface area contributed by atoms with E-state index in [1.165, 1.54) is 6.08 Å². The van der Waals surface area contributed by atoms with Crippen LogP contribution in [0.15, 0.2) is 36.4 Å². The van der Waals surface area contributed by atoms with E-state index in [4.69, 9.17) is 4.74 Å². The zero-order chi connectivity index (χ0) is 13.9. The number of cyclic esters (lactones) is 1. The lowest BCUT2D eigenvalue weighted by atomic mass is 10.0. The van der Waals surface area contributed by atoms with Gasteiger partial charge in [0.15, 0.2) is 0 Å². The normalized spacial score (nSPS) is 21.4. The quantitative estimate of drug-likeness (QED) is 0.666. The standard InChI is InChI=1S/C15H17NO3/c1-15(2)10-12(14(18)19-15)16-13(17)9-8-11-6-4-3-5-7-11/h3-9,12H,10H2,1-2H3,(H,16,17)/b9-8+. The van der Waals surface area contributed by atoms with Crippen molar-refractivity contribution in [3.05, 3.63) is 42.0 Å². The minimum atomic E-state index is -0.553. The Morgan fingerprint density at radius 2 is 2.05 bits per heavy atom. The van der Waals surface area contributed by atoms with Gasteiger partial charge in [0.1, 0.15) is 11.6 Å². The Kier molecular flexibility index (Phi) is 3.69. The van der Waals surface area contributed by atoms with E-state index in [1.807, 2.05) is 44.2 Å². The predicted octanol–water partition coefficient (Wildman–Crippen LogP) is 1.91. The van der Waals surface area contributed by atoms with Crippen LogP contribution in [0.4, 0.5) is 0 Å². The van der Waals surface area contributed by atoms with Crippen LogP contribution in [0.2, 0.25) is 0 Å². The van der Waals surface area contributed by atoms with Crippen LogP contribution in [0.3, 0.4) is 0 Å². The highest BCUT2D eigenvalue weighted by atomic mass is 16.6. The highest BCUT2D eigenvalue weighted by Gasteiger charge is 2.40. The Labute approximate surface area is 112 Å². The van der Waals surface area contributed by atoms with Crippen molar-refractivity contribution in [1.82, 2.24) is 5.32 Å². The number of esters is 1. The van der Waals surface area contributed by atoms with Crippen LogP contribution in [0.25, 0.3) is 6.08 Å². The molecule has 4 nitrogen and oxygen atoms in total. The van der Waals surface area contributed by atoms with Crippen molar-refractivity contribution in [2.45, 2.75) is 31.9 Å². The van der Waals surface area contributed by atoms with Gasteiger partial charge in [-0.3, -0.25) is 4.79 Å². The molecule has 1 aliphatic heterocycles. The maximum Gasteiger partial charge on any atom is 0.329 e. The van der Waals surface area contributed by atoms with Crippen molar-refractivity contribution < 1.29 is 14.3 Å². The van der Waals surface area contributed by atoms with Gasteiger partial charge in [-0.1, -0.05) is 30.3 Å². The number of hydrogen-bond donors (Lipinski definition) is 1. The summed E-state index contributed by atoms with van der Waals surface area (Å²) in [6.45, 7) is 3.66. The number of ether oxygens (including phenoxy) is 1. The SMILES string of the molecule is CC1(C)CC(NC(=O)/C=C/c2ccccc2)C(=O)O1. The molecule has 2 rings (SSSR count). The third-order valence-corrected chi connectivity index (χ3v) is 2.90. The molecule has 100 valence electrons. The molecule has 1 fully saturated rings. The summed E-state index contributed by atoms with van der Waals surface area (Å²) in [5, 5.41) is 2.65. The molecular formula is C15H17NO3. The van der Waals surface area contributed by atoms with E-state index in [0.29, 0.717) is 6.42 Å². The fourth-order valence-electron chi connectivity index (χ4n) is 2.03. The van der Waals surface area contributed by atoms with E-state index in [0.717, 1.165) is 5.56 Å². The van der Waals surface area contributed by atoms with Crippen LogP contribution in [-0.4, -0.2) is 23.5 Å². The number of amides is 1. The molecule has 19 heavy (non-hydrogen) atoms. The van der Waals surface area contributed by atoms with Crippen molar-refractivity contribution in [2.24, 2.45) is 0 Å². The molecule has 1 N–H and O–H groups in total. The third-order valence-electron chi connectivity index (χ3n) is 2.90. The monoisotopic (exact) mass is 259 g/mol. The molecule has 0 radical (unpaired) electrons. The predicted molar refractivity (Wildman–Crippen MR) is 72.2 cm³/mol. The Morgan fingerprint density at radius 1 is 1.37 bits per heavy atom. The van der Waals surface area contributed by atoms with Gasteiger partial charge >= 0.3 is 5.97 Å². The molecule has 0 spiro atoms. The largest absolute Gasteiger partial charge is 0.458 e. The van der Waals surface area contributed by atoms with Crippen LogP contribution < -0.4 is 5.32 Å². The molecule has 0 aromatic heterocycles. The smallest absolute Gasteiger partial charge is 0.329 e. The number of carbonyl (C=O) groups is 2. The molecule has 1 saturated heterocycles. The van der Waals surface area contributed by atoms with Crippen LogP contribution in [0.5, 0.6) is 0 Å². The minimum Gasteiger partial charge on any atom is -0.458 e. The van der Waals surface area contributed by atoms with Crippen molar-refractivity contribution in [1.29, 1.82) is 0 Å². The third kappa shape index (κ3) is 3.68. The van der Waals surface area contributed by atoms with Gasteiger partial charge in [0.2, 0.25) is 5.91 Å². The topological polar surface area (TPSA) is 55.4 Å². The fraction of sp³-hybridized carbons (Fsp3) is 0.333. The van der Waals surface area contributed by atoms with E-state index in [2.05, 4.69) is 5.32 Å². The van der Waals surface area contributed by atoms with E-state index in [1.54, 1.807) is 6.08 Å². The van der Waals surface area contributed by atoms with Crippen molar-refractivity contribution in [3.8, 4) is 0 Å². The van der Waals surface area contributed by atoms with Gasteiger partial charge < -0.3 is 10.1 Å². The number of rotatable bonds is 3. The molecule has 1 heterocycles. The van der Waals surface area contributed by atoms with Gasteiger partial charge in [0.05, 0.1) is 0 Å². The molecule has 1 amide bonds. The lowest BCUT2D eigenvalue weighted by molar-refractivity contribution is -0.148. The first-order valence-electron chi connectivity index (χ1n) is 6.23. The lowest BCUT2D eigenvalue weighted by Crippen LogP contribution is -2.37. The average molecular weight is 259 g/mol. The van der Waals surface area contributed by atoms with Crippen molar-refractivity contribution in [2.75, 3.05) is 0 Å². The molecule has 0 aliphatic carbocycles. The van der Waals surface area contributed by atoms with E-state index in [9.17, 15) is 9.59 Å². The second-order valence-corrected chi connectivity index (χ2v) is 5.19. The molecule has 1 atom stereocenters. The highest BCUT2D eigenvalue weighted by molar-refractivity contribution is 5.95. The van der Waals surface area contributed by atoms with E-state index >= 15 is 0 Å². The summed E-state index contributed by atoms with van der Waals surface area (Å²) in [5.74, 6) is -0.657. The summed E-state index contributed by atoms with van der Waals surface area (Å²) in [4.78, 5) is 23.3. The molecule has 0 saturated carbocycles. The molecule has 1 aliphatic rings. The maximum absolute atomic E-state index is 11.7. The highest BCUT2D eigenvalue weighted by Crippen LogP contribution is 2.25. The Bertz CT molecular complexity index is 505.